The normalized spacial score (nSPS) is 15.5. The monoisotopic (exact) mass is 312 g/mol. The van der Waals surface area contributed by atoms with E-state index in [1.807, 2.05) is 23.5 Å². The predicted molar refractivity (Wildman–Crippen MR) is 82.0 cm³/mol. The molecule has 3 rings (SSSR count). The van der Waals surface area contributed by atoms with E-state index in [-0.39, 0.29) is 6.04 Å². The quantitative estimate of drug-likeness (QED) is 0.661. The molecule has 0 aliphatic heterocycles. The van der Waals surface area contributed by atoms with Gasteiger partial charge in [0.15, 0.2) is 0 Å². The van der Waals surface area contributed by atoms with E-state index >= 15 is 0 Å². The fraction of sp³-hybridized carbons (Fsp3) is 0.286. The minimum absolute atomic E-state index is 0.0956. The lowest BCUT2D eigenvalue weighted by Gasteiger charge is -2.17. The number of aryl methyl sites for hydroxylation is 2. The van der Waals surface area contributed by atoms with Gasteiger partial charge >= 0.3 is 0 Å². The van der Waals surface area contributed by atoms with Gasteiger partial charge in [-0.1, -0.05) is 35.3 Å². The zero-order chi connectivity index (χ0) is 13.4. The van der Waals surface area contributed by atoms with Gasteiger partial charge in [0.25, 0.3) is 0 Å². The average Bonchev–Trinajstić information content (AvgIpc) is 2.96. The van der Waals surface area contributed by atoms with Crippen molar-refractivity contribution in [2.75, 3.05) is 0 Å². The Kier molecular flexibility index (Phi) is 3.83. The van der Waals surface area contributed by atoms with Crippen LogP contribution in [0.4, 0.5) is 0 Å². The molecule has 2 nitrogen and oxygen atoms in total. The van der Waals surface area contributed by atoms with Crippen LogP contribution in [0.3, 0.4) is 0 Å². The molecule has 0 saturated carbocycles. The second-order valence-corrected chi connectivity index (χ2v) is 6.65. The first-order chi connectivity index (χ1) is 9.20. The number of thiophene rings is 1. The van der Waals surface area contributed by atoms with E-state index in [1.165, 1.54) is 34.6 Å². The van der Waals surface area contributed by atoms with Gasteiger partial charge in [-0.05, 0) is 42.5 Å². The Morgan fingerprint density at radius 3 is 2.84 bits per heavy atom. The molecule has 19 heavy (non-hydrogen) atoms. The number of nitrogens with two attached hydrogens (primary N) is 1. The summed E-state index contributed by atoms with van der Waals surface area (Å²) in [6.45, 7) is 0. The lowest BCUT2D eigenvalue weighted by Crippen LogP contribution is -2.28. The maximum atomic E-state index is 6.29. The van der Waals surface area contributed by atoms with Crippen LogP contribution in [0.5, 0.6) is 0 Å². The molecule has 2 aromatic rings. The summed E-state index contributed by atoms with van der Waals surface area (Å²) < 4.78 is 0. The van der Waals surface area contributed by atoms with Crippen LogP contribution in [-0.4, -0.2) is 0 Å². The van der Waals surface area contributed by atoms with E-state index in [4.69, 9.17) is 29.0 Å². The van der Waals surface area contributed by atoms with Crippen molar-refractivity contribution in [2.24, 2.45) is 5.84 Å². The van der Waals surface area contributed by atoms with E-state index in [0.29, 0.717) is 10.0 Å². The summed E-state index contributed by atoms with van der Waals surface area (Å²) in [5, 5.41) is 1.13. The molecular weight excluding hydrogens is 299 g/mol. The summed E-state index contributed by atoms with van der Waals surface area (Å²) in [6, 6.07) is 7.80. The summed E-state index contributed by atoms with van der Waals surface area (Å²) in [4.78, 5) is 2.68. The molecule has 1 aliphatic rings. The van der Waals surface area contributed by atoms with Crippen molar-refractivity contribution in [1.82, 2.24) is 5.43 Å². The fourth-order valence-electron chi connectivity index (χ4n) is 2.56. The van der Waals surface area contributed by atoms with Crippen LogP contribution in [0.1, 0.15) is 33.3 Å². The van der Waals surface area contributed by atoms with Crippen LogP contribution in [0.25, 0.3) is 0 Å². The van der Waals surface area contributed by atoms with Crippen molar-refractivity contribution in [3.8, 4) is 0 Å². The third kappa shape index (κ3) is 2.41. The Morgan fingerprint density at radius 1 is 1.26 bits per heavy atom. The van der Waals surface area contributed by atoms with Crippen molar-refractivity contribution in [1.29, 1.82) is 0 Å². The van der Waals surface area contributed by atoms with E-state index in [9.17, 15) is 0 Å². The van der Waals surface area contributed by atoms with Gasteiger partial charge in [-0.25, -0.2) is 5.43 Å². The van der Waals surface area contributed by atoms with Gasteiger partial charge in [0.05, 0.1) is 16.1 Å². The third-order valence-electron chi connectivity index (χ3n) is 3.51. The molecule has 1 aromatic carbocycles. The molecule has 3 N–H and O–H groups in total. The van der Waals surface area contributed by atoms with Crippen molar-refractivity contribution in [3.05, 3.63) is 55.2 Å². The Morgan fingerprint density at radius 2 is 2.11 bits per heavy atom. The first-order valence-corrected chi connectivity index (χ1v) is 7.79. The Balaban J connectivity index is 2.02. The zero-order valence-corrected chi connectivity index (χ0v) is 12.6. The van der Waals surface area contributed by atoms with Crippen LogP contribution < -0.4 is 11.3 Å². The second-order valence-electron chi connectivity index (χ2n) is 4.69. The van der Waals surface area contributed by atoms with Crippen LogP contribution in [0, 0.1) is 0 Å². The molecule has 5 heteroatoms. The first-order valence-electron chi connectivity index (χ1n) is 6.22. The topological polar surface area (TPSA) is 38.0 Å². The largest absolute Gasteiger partial charge is 0.271 e. The lowest BCUT2D eigenvalue weighted by atomic mass is 10.1. The number of fused-ring (bicyclic) bond motifs is 1. The highest BCUT2D eigenvalue weighted by Gasteiger charge is 2.22. The standard InChI is InChI=1S/C14H14Cl2N2S/c15-10-5-2-4-9(13(10)16)14(18-17)12-7-8-3-1-6-11(8)19-12/h2,4-5,7,14,18H,1,3,6,17H2. The molecule has 100 valence electrons. The van der Waals surface area contributed by atoms with Crippen molar-refractivity contribution < 1.29 is 0 Å². The van der Waals surface area contributed by atoms with Gasteiger partial charge in [-0.15, -0.1) is 11.3 Å². The molecular formula is C14H14Cl2N2S. The maximum Gasteiger partial charge on any atom is 0.0817 e. The highest BCUT2D eigenvalue weighted by Crippen LogP contribution is 2.39. The Bertz CT molecular complexity index is 588. The summed E-state index contributed by atoms with van der Waals surface area (Å²) in [5.74, 6) is 5.73. The molecule has 1 unspecified atom stereocenters. The molecule has 1 heterocycles. The second kappa shape index (κ2) is 5.43. The van der Waals surface area contributed by atoms with Gasteiger partial charge in [-0.2, -0.15) is 0 Å². The molecule has 0 spiro atoms. The van der Waals surface area contributed by atoms with E-state index in [2.05, 4.69) is 11.5 Å². The molecule has 1 aliphatic carbocycles. The molecule has 0 radical (unpaired) electrons. The van der Waals surface area contributed by atoms with Crippen molar-refractivity contribution in [3.63, 3.8) is 0 Å². The lowest BCUT2D eigenvalue weighted by molar-refractivity contribution is 0.646. The number of halogens is 2. The van der Waals surface area contributed by atoms with Crippen LogP contribution >= 0.6 is 34.5 Å². The van der Waals surface area contributed by atoms with Crippen molar-refractivity contribution in [2.45, 2.75) is 25.3 Å². The minimum atomic E-state index is -0.0956. The molecule has 1 aromatic heterocycles. The Hall–Kier alpha value is -0.580. The number of rotatable bonds is 3. The summed E-state index contributed by atoms with van der Waals surface area (Å²) >= 11 is 14.2. The van der Waals surface area contributed by atoms with E-state index < -0.39 is 0 Å². The number of hydrogen-bond acceptors (Lipinski definition) is 3. The van der Waals surface area contributed by atoms with Crippen LogP contribution in [-0.2, 0) is 12.8 Å². The van der Waals surface area contributed by atoms with Gasteiger partial charge in [0.1, 0.15) is 0 Å². The molecule has 1 atom stereocenters. The molecule has 0 fully saturated rings. The number of benzene rings is 1. The Labute approximate surface area is 126 Å². The SMILES string of the molecule is NNC(c1cc2c(s1)CCC2)c1cccc(Cl)c1Cl. The highest BCUT2D eigenvalue weighted by molar-refractivity contribution is 7.12. The maximum absolute atomic E-state index is 6.29. The number of hydrazine groups is 1. The summed E-state index contributed by atoms with van der Waals surface area (Å²) in [6.07, 6.45) is 3.62. The summed E-state index contributed by atoms with van der Waals surface area (Å²) in [7, 11) is 0. The van der Waals surface area contributed by atoms with Gasteiger partial charge in [0, 0.05) is 9.75 Å². The van der Waals surface area contributed by atoms with E-state index in [0.717, 1.165) is 5.56 Å². The number of nitrogens with one attached hydrogen (secondary N) is 1. The first kappa shape index (κ1) is 13.4. The zero-order valence-electron chi connectivity index (χ0n) is 10.2. The third-order valence-corrected chi connectivity index (χ3v) is 5.64. The predicted octanol–water partition coefficient (Wildman–Crippen LogP) is 4.10. The summed E-state index contributed by atoms with van der Waals surface area (Å²) in [5.41, 5.74) is 5.24. The fourth-order valence-corrected chi connectivity index (χ4v) is 4.32. The van der Waals surface area contributed by atoms with Crippen molar-refractivity contribution >= 4 is 34.5 Å². The molecule has 0 amide bonds. The molecule has 0 bridgehead atoms. The highest BCUT2D eigenvalue weighted by atomic mass is 35.5. The van der Waals surface area contributed by atoms with Gasteiger partial charge < -0.3 is 0 Å². The van der Waals surface area contributed by atoms with Crippen LogP contribution in [0.15, 0.2) is 24.3 Å². The molecule has 0 saturated heterocycles. The van der Waals surface area contributed by atoms with Crippen LogP contribution in [0.2, 0.25) is 10.0 Å². The van der Waals surface area contributed by atoms with E-state index in [1.54, 1.807) is 6.07 Å². The average molecular weight is 313 g/mol. The number of hydrogen-bond donors (Lipinski definition) is 2. The van der Waals surface area contributed by atoms with Gasteiger partial charge in [0.2, 0.25) is 0 Å². The van der Waals surface area contributed by atoms with Gasteiger partial charge in [-0.3, -0.25) is 5.84 Å². The smallest absolute Gasteiger partial charge is 0.0817 e. The minimum Gasteiger partial charge on any atom is -0.271 e.